The highest BCUT2D eigenvalue weighted by Gasteiger charge is 2.26. The second-order valence-corrected chi connectivity index (χ2v) is 10.6. The van der Waals surface area contributed by atoms with E-state index in [1.54, 1.807) is 29.5 Å². The van der Waals surface area contributed by atoms with Crippen molar-refractivity contribution in [3.63, 3.8) is 0 Å². The van der Waals surface area contributed by atoms with Crippen LogP contribution < -0.4 is 5.32 Å². The van der Waals surface area contributed by atoms with Crippen LogP contribution in [-0.2, 0) is 14.8 Å². The van der Waals surface area contributed by atoms with E-state index in [2.05, 4.69) is 20.5 Å². The number of carbonyl (C=O) groups is 1. The summed E-state index contributed by atoms with van der Waals surface area (Å²) in [7, 11) is -3.54. The number of amides is 1. The molecule has 0 bridgehead atoms. The van der Waals surface area contributed by atoms with E-state index in [9.17, 15) is 13.2 Å². The number of aromatic nitrogens is 3. The Balaban J connectivity index is 1.36. The summed E-state index contributed by atoms with van der Waals surface area (Å²) in [5, 5.41) is 12.2. The molecule has 0 atom stereocenters. The van der Waals surface area contributed by atoms with Crippen LogP contribution in [0.1, 0.15) is 19.3 Å². The van der Waals surface area contributed by atoms with Crippen LogP contribution in [0.3, 0.4) is 0 Å². The topological polar surface area (TPSA) is 108 Å². The fraction of sp³-hybridized carbons (Fsp3) is 0.316. The van der Waals surface area contributed by atoms with Gasteiger partial charge in [0.15, 0.2) is 5.82 Å². The molecule has 0 saturated carbocycles. The van der Waals surface area contributed by atoms with Gasteiger partial charge in [-0.05, 0) is 42.5 Å². The van der Waals surface area contributed by atoms with Gasteiger partial charge < -0.3 is 5.32 Å². The highest BCUT2D eigenvalue weighted by atomic mass is 32.2. The van der Waals surface area contributed by atoms with Crippen molar-refractivity contribution >= 4 is 44.7 Å². The van der Waals surface area contributed by atoms with Crippen molar-refractivity contribution in [3.8, 4) is 10.7 Å². The standard InChI is InChI=1S/C19H21N5O3S3/c25-17(13-29-19-21-18(22-23-19)16-8-5-11-28-16)20-14-6-4-7-15(12-14)30(26,27)24-9-2-1-3-10-24/h4-8,11-12H,1-3,9-10,13H2,(H,20,25)(H,21,22,23). The molecule has 2 N–H and O–H groups in total. The molecule has 0 aliphatic carbocycles. The monoisotopic (exact) mass is 463 g/mol. The maximum absolute atomic E-state index is 12.8. The van der Waals surface area contributed by atoms with Crippen molar-refractivity contribution in [1.29, 1.82) is 0 Å². The molecule has 0 spiro atoms. The number of hydrogen-bond donors (Lipinski definition) is 2. The van der Waals surface area contributed by atoms with Crippen molar-refractivity contribution in [2.75, 3.05) is 24.2 Å². The minimum Gasteiger partial charge on any atom is -0.325 e. The van der Waals surface area contributed by atoms with Gasteiger partial charge in [-0.15, -0.1) is 16.4 Å². The van der Waals surface area contributed by atoms with Gasteiger partial charge in [0, 0.05) is 18.8 Å². The summed E-state index contributed by atoms with van der Waals surface area (Å²) in [6.45, 7) is 1.08. The Kier molecular flexibility index (Phi) is 6.52. The average molecular weight is 464 g/mol. The quantitative estimate of drug-likeness (QED) is 0.520. The fourth-order valence-electron chi connectivity index (χ4n) is 3.15. The first-order chi connectivity index (χ1) is 14.5. The number of aromatic amines is 1. The van der Waals surface area contributed by atoms with Crippen LogP contribution in [0.2, 0.25) is 0 Å². The lowest BCUT2D eigenvalue weighted by Crippen LogP contribution is -2.35. The molecule has 1 fully saturated rings. The lowest BCUT2D eigenvalue weighted by molar-refractivity contribution is -0.113. The number of thioether (sulfide) groups is 1. The number of anilines is 1. The van der Waals surface area contributed by atoms with Crippen LogP contribution in [0, 0.1) is 0 Å². The van der Waals surface area contributed by atoms with Gasteiger partial charge in [0.25, 0.3) is 0 Å². The summed E-state index contributed by atoms with van der Waals surface area (Å²) in [5.41, 5.74) is 0.452. The molecule has 4 rings (SSSR count). The van der Waals surface area contributed by atoms with E-state index in [4.69, 9.17) is 0 Å². The van der Waals surface area contributed by atoms with Crippen LogP contribution in [0.15, 0.2) is 51.8 Å². The van der Waals surface area contributed by atoms with E-state index in [1.165, 1.54) is 22.1 Å². The van der Waals surface area contributed by atoms with E-state index in [0.29, 0.717) is 29.8 Å². The first-order valence-corrected chi connectivity index (χ1v) is 12.8. The average Bonchev–Trinajstić information content (AvgIpc) is 3.45. The van der Waals surface area contributed by atoms with Crippen molar-refractivity contribution in [3.05, 3.63) is 41.8 Å². The molecule has 1 saturated heterocycles. The van der Waals surface area contributed by atoms with Crippen LogP contribution in [0.4, 0.5) is 5.69 Å². The summed E-state index contributed by atoms with van der Waals surface area (Å²) in [4.78, 5) is 17.9. The lowest BCUT2D eigenvalue weighted by Gasteiger charge is -2.26. The zero-order valence-electron chi connectivity index (χ0n) is 16.1. The number of piperidine rings is 1. The van der Waals surface area contributed by atoms with Gasteiger partial charge in [-0.3, -0.25) is 9.89 Å². The van der Waals surface area contributed by atoms with Crippen molar-refractivity contribution in [1.82, 2.24) is 19.5 Å². The summed E-state index contributed by atoms with van der Waals surface area (Å²) >= 11 is 2.77. The zero-order chi connectivity index (χ0) is 21.0. The molecule has 158 valence electrons. The van der Waals surface area contributed by atoms with E-state index in [0.717, 1.165) is 24.1 Å². The molecular formula is C19H21N5O3S3. The number of carbonyl (C=O) groups excluding carboxylic acids is 1. The number of benzene rings is 1. The molecule has 0 unspecified atom stereocenters. The Morgan fingerprint density at radius 2 is 2.03 bits per heavy atom. The van der Waals surface area contributed by atoms with Crippen molar-refractivity contribution in [2.45, 2.75) is 29.3 Å². The molecule has 30 heavy (non-hydrogen) atoms. The second-order valence-electron chi connectivity index (χ2n) is 6.77. The number of sulfonamides is 1. The smallest absolute Gasteiger partial charge is 0.243 e. The molecule has 1 aliphatic rings. The molecule has 3 aromatic rings. The molecule has 2 aromatic heterocycles. The number of rotatable bonds is 7. The van der Waals surface area contributed by atoms with E-state index in [1.807, 2.05) is 17.5 Å². The van der Waals surface area contributed by atoms with Crippen molar-refractivity contribution in [2.24, 2.45) is 0 Å². The summed E-state index contributed by atoms with van der Waals surface area (Å²) in [6, 6.07) is 10.3. The van der Waals surface area contributed by atoms with E-state index >= 15 is 0 Å². The van der Waals surface area contributed by atoms with Gasteiger partial charge in [-0.25, -0.2) is 13.4 Å². The minimum atomic E-state index is -3.54. The Morgan fingerprint density at radius 1 is 1.20 bits per heavy atom. The molecule has 1 aliphatic heterocycles. The number of H-pyrrole nitrogens is 1. The maximum atomic E-state index is 12.8. The lowest BCUT2D eigenvalue weighted by atomic mass is 10.2. The third kappa shape index (κ3) is 4.91. The molecule has 0 radical (unpaired) electrons. The largest absolute Gasteiger partial charge is 0.325 e. The predicted molar refractivity (Wildman–Crippen MR) is 118 cm³/mol. The molecule has 8 nitrogen and oxygen atoms in total. The molecule has 1 aromatic carbocycles. The first kappa shape index (κ1) is 21.0. The Morgan fingerprint density at radius 3 is 2.80 bits per heavy atom. The summed E-state index contributed by atoms with van der Waals surface area (Å²) < 4.78 is 27.2. The number of nitrogens with zero attached hydrogens (tertiary/aromatic N) is 3. The third-order valence-corrected chi connectivity index (χ3v) is 8.24. The van der Waals surface area contributed by atoms with Gasteiger partial charge >= 0.3 is 0 Å². The normalized spacial score (nSPS) is 15.2. The van der Waals surface area contributed by atoms with Crippen LogP contribution in [-0.4, -0.2) is 52.7 Å². The van der Waals surface area contributed by atoms with Crippen molar-refractivity contribution < 1.29 is 13.2 Å². The first-order valence-electron chi connectivity index (χ1n) is 9.51. The van der Waals surface area contributed by atoms with Gasteiger partial charge in [0.2, 0.25) is 21.1 Å². The molecule has 1 amide bonds. The highest BCUT2D eigenvalue weighted by molar-refractivity contribution is 7.99. The van der Waals surface area contributed by atoms with Gasteiger partial charge in [0.05, 0.1) is 15.5 Å². The predicted octanol–water partition coefficient (Wildman–Crippen LogP) is 3.44. The maximum Gasteiger partial charge on any atom is 0.243 e. The Labute approximate surface area is 183 Å². The van der Waals surface area contributed by atoms with Gasteiger partial charge in [-0.1, -0.05) is 30.3 Å². The highest BCUT2D eigenvalue weighted by Crippen LogP contribution is 2.25. The van der Waals surface area contributed by atoms with Gasteiger partial charge in [-0.2, -0.15) is 4.31 Å². The van der Waals surface area contributed by atoms with E-state index in [-0.39, 0.29) is 16.6 Å². The number of nitrogens with one attached hydrogen (secondary N) is 2. The third-order valence-electron chi connectivity index (χ3n) is 4.62. The minimum absolute atomic E-state index is 0.116. The summed E-state index contributed by atoms with van der Waals surface area (Å²) in [5.74, 6) is 0.531. The van der Waals surface area contributed by atoms with Gasteiger partial charge in [0.1, 0.15) is 0 Å². The van der Waals surface area contributed by atoms with Crippen LogP contribution in [0.25, 0.3) is 10.7 Å². The van der Waals surface area contributed by atoms with Crippen LogP contribution in [0.5, 0.6) is 0 Å². The molecular weight excluding hydrogens is 442 g/mol. The fourth-order valence-corrected chi connectivity index (χ4v) is 5.98. The van der Waals surface area contributed by atoms with E-state index < -0.39 is 10.0 Å². The van der Waals surface area contributed by atoms with Crippen LogP contribution >= 0.6 is 23.1 Å². The molecule has 3 heterocycles. The number of thiophene rings is 1. The summed E-state index contributed by atoms with van der Waals surface area (Å²) in [6.07, 6.45) is 2.81. The SMILES string of the molecule is O=C(CSc1n[nH]c(-c2cccs2)n1)Nc1cccc(S(=O)(=O)N2CCCCC2)c1. The molecule has 11 heteroatoms. The second kappa shape index (κ2) is 9.29. The Hall–Kier alpha value is -2.21. The zero-order valence-corrected chi connectivity index (χ0v) is 18.5. The Bertz CT molecular complexity index is 1110. The number of hydrogen-bond acceptors (Lipinski definition) is 7.